The van der Waals surface area contributed by atoms with E-state index >= 15 is 0 Å². The first-order valence-electron chi connectivity index (χ1n) is 8.99. The molecule has 0 saturated heterocycles. The molecule has 0 aliphatic carbocycles. The lowest BCUT2D eigenvalue weighted by molar-refractivity contribution is 0.460. The second-order valence-electron chi connectivity index (χ2n) is 6.30. The van der Waals surface area contributed by atoms with Crippen LogP contribution in [0.2, 0.25) is 0 Å². The van der Waals surface area contributed by atoms with Gasteiger partial charge in [0.1, 0.15) is 23.0 Å². The predicted molar refractivity (Wildman–Crippen MR) is 109 cm³/mol. The molecule has 0 radical (unpaired) electrons. The molecular weight excluding hydrogens is 332 g/mol. The highest BCUT2D eigenvalue weighted by Gasteiger charge is 2.03. The number of ether oxygens (including phenoxy) is 2. The molecule has 0 atom stereocenters. The fourth-order valence-corrected chi connectivity index (χ4v) is 2.91. The monoisotopic (exact) mass is 352 g/mol. The fourth-order valence-electron chi connectivity index (χ4n) is 2.91. The third kappa shape index (κ3) is 4.77. The van der Waals surface area contributed by atoms with Crippen LogP contribution in [0.5, 0.6) is 23.0 Å². The second-order valence-corrected chi connectivity index (χ2v) is 6.30. The van der Waals surface area contributed by atoms with E-state index in [4.69, 9.17) is 9.47 Å². The van der Waals surface area contributed by atoms with E-state index in [1.807, 2.05) is 72.8 Å². The van der Waals surface area contributed by atoms with Crippen LogP contribution >= 0.6 is 0 Å². The molecule has 0 fully saturated rings. The number of benzene rings is 4. The average Bonchev–Trinajstić information content (AvgIpc) is 2.70. The third-order valence-electron chi connectivity index (χ3n) is 4.17. The first-order valence-corrected chi connectivity index (χ1v) is 8.99. The third-order valence-corrected chi connectivity index (χ3v) is 4.17. The summed E-state index contributed by atoms with van der Waals surface area (Å²) < 4.78 is 11.9. The van der Waals surface area contributed by atoms with Gasteiger partial charge in [-0.05, 0) is 53.9 Å². The van der Waals surface area contributed by atoms with Crippen LogP contribution in [0.4, 0.5) is 0 Å². The van der Waals surface area contributed by atoms with Crippen LogP contribution in [0.1, 0.15) is 11.1 Å². The highest BCUT2D eigenvalue weighted by molar-refractivity contribution is 5.40. The molecule has 0 unspecified atom stereocenters. The summed E-state index contributed by atoms with van der Waals surface area (Å²) in [7, 11) is 0. The lowest BCUT2D eigenvalue weighted by atomic mass is 10.1. The maximum Gasteiger partial charge on any atom is 0.131 e. The summed E-state index contributed by atoms with van der Waals surface area (Å²) in [5.74, 6) is 3.12. The SMILES string of the molecule is c1ccc(Cc2cccc(Oc3cccc(Oc4ccccc4)c3)c2)cc1. The first kappa shape index (κ1) is 16.9. The molecule has 0 aromatic heterocycles. The Balaban J connectivity index is 1.47. The lowest BCUT2D eigenvalue weighted by Crippen LogP contribution is -1.90. The van der Waals surface area contributed by atoms with Crippen molar-refractivity contribution in [1.82, 2.24) is 0 Å². The molecule has 2 heteroatoms. The van der Waals surface area contributed by atoms with Crippen LogP contribution in [-0.2, 0) is 6.42 Å². The average molecular weight is 352 g/mol. The summed E-state index contributed by atoms with van der Waals surface area (Å²) in [5.41, 5.74) is 2.50. The molecule has 2 nitrogen and oxygen atoms in total. The van der Waals surface area contributed by atoms with Gasteiger partial charge in [-0.15, -0.1) is 0 Å². The van der Waals surface area contributed by atoms with E-state index in [0.29, 0.717) is 0 Å². The number of para-hydroxylation sites is 1. The van der Waals surface area contributed by atoms with Crippen molar-refractivity contribution in [3.8, 4) is 23.0 Å². The molecule has 0 aliphatic rings. The Labute approximate surface area is 159 Å². The molecule has 0 spiro atoms. The van der Waals surface area contributed by atoms with E-state index in [0.717, 1.165) is 29.4 Å². The molecule has 0 heterocycles. The van der Waals surface area contributed by atoms with E-state index in [2.05, 4.69) is 36.4 Å². The Morgan fingerprint density at radius 3 is 1.59 bits per heavy atom. The molecule has 0 saturated carbocycles. The van der Waals surface area contributed by atoms with E-state index < -0.39 is 0 Å². The van der Waals surface area contributed by atoms with Gasteiger partial charge >= 0.3 is 0 Å². The van der Waals surface area contributed by atoms with Gasteiger partial charge in [0.2, 0.25) is 0 Å². The molecule has 0 N–H and O–H groups in total. The summed E-state index contributed by atoms with van der Waals surface area (Å²) in [5, 5.41) is 0. The molecule has 132 valence electrons. The smallest absolute Gasteiger partial charge is 0.131 e. The van der Waals surface area contributed by atoms with Crippen molar-refractivity contribution in [1.29, 1.82) is 0 Å². The van der Waals surface area contributed by atoms with Crippen LogP contribution in [-0.4, -0.2) is 0 Å². The van der Waals surface area contributed by atoms with Crippen molar-refractivity contribution in [3.63, 3.8) is 0 Å². The van der Waals surface area contributed by atoms with E-state index in [1.165, 1.54) is 11.1 Å². The van der Waals surface area contributed by atoms with E-state index in [-0.39, 0.29) is 0 Å². The fraction of sp³-hybridized carbons (Fsp3) is 0.0400. The second kappa shape index (κ2) is 8.24. The van der Waals surface area contributed by atoms with Crippen LogP contribution in [0, 0.1) is 0 Å². The number of hydrogen-bond donors (Lipinski definition) is 0. The van der Waals surface area contributed by atoms with Gasteiger partial charge in [0, 0.05) is 6.07 Å². The topological polar surface area (TPSA) is 18.5 Å². The summed E-state index contributed by atoms with van der Waals surface area (Å²) >= 11 is 0. The lowest BCUT2D eigenvalue weighted by Gasteiger charge is -2.10. The van der Waals surface area contributed by atoms with Gasteiger partial charge in [0.25, 0.3) is 0 Å². The standard InChI is InChI=1S/C25H20O2/c1-3-9-20(10-4-1)17-21-11-7-14-23(18-21)27-25-16-8-15-24(19-25)26-22-12-5-2-6-13-22/h1-16,18-19H,17H2. The highest BCUT2D eigenvalue weighted by atomic mass is 16.5. The predicted octanol–water partition coefficient (Wildman–Crippen LogP) is 6.86. The minimum atomic E-state index is 0.749. The summed E-state index contributed by atoms with van der Waals surface area (Å²) in [6, 6.07) is 36.1. The maximum atomic E-state index is 6.06. The minimum absolute atomic E-state index is 0.749. The van der Waals surface area contributed by atoms with E-state index in [1.54, 1.807) is 0 Å². The van der Waals surface area contributed by atoms with Gasteiger partial charge in [-0.3, -0.25) is 0 Å². The Hall–Kier alpha value is -3.52. The Morgan fingerprint density at radius 1 is 0.407 bits per heavy atom. The maximum absolute atomic E-state index is 6.06. The molecule has 0 bridgehead atoms. The van der Waals surface area contributed by atoms with Gasteiger partial charge in [0.15, 0.2) is 0 Å². The van der Waals surface area contributed by atoms with Crippen LogP contribution in [0.25, 0.3) is 0 Å². The zero-order chi connectivity index (χ0) is 18.3. The molecular formula is C25H20O2. The van der Waals surface area contributed by atoms with Gasteiger partial charge in [-0.1, -0.05) is 66.7 Å². The van der Waals surface area contributed by atoms with Crippen molar-refractivity contribution in [2.24, 2.45) is 0 Å². The summed E-state index contributed by atoms with van der Waals surface area (Å²) in [6.07, 6.45) is 0.884. The van der Waals surface area contributed by atoms with Gasteiger partial charge < -0.3 is 9.47 Å². The van der Waals surface area contributed by atoms with Gasteiger partial charge in [0.05, 0.1) is 0 Å². The van der Waals surface area contributed by atoms with E-state index in [9.17, 15) is 0 Å². The molecule has 4 aromatic rings. The number of rotatable bonds is 6. The quantitative estimate of drug-likeness (QED) is 0.377. The van der Waals surface area contributed by atoms with Gasteiger partial charge in [-0.2, -0.15) is 0 Å². The largest absolute Gasteiger partial charge is 0.457 e. The minimum Gasteiger partial charge on any atom is -0.457 e. The zero-order valence-corrected chi connectivity index (χ0v) is 14.9. The van der Waals surface area contributed by atoms with Crippen molar-refractivity contribution < 1.29 is 9.47 Å². The molecule has 0 amide bonds. The number of hydrogen-bond acceptors (Lipinski definition) is 2. The van der Waals surface area contributed by atoms with Crippen LogP contribution in [0.3, 0.4) is 0 Å². The Morgan fingerprint density at radius 2 is 0.889 bits per heavy atom. The normalized spacial score (nSPS) is 10.4. The first-order chi connectivity index (χ1) is 13.3. The van der Waals surface area contributed by atoms with Crippen molar-refractivity contribution in [2.75, 3.05) is 0 Å². The molecule has 27 heavy (non-hydrogen) atoms. The molecule has 4 rings (SSSR count). The van der Waals surface area contributed by atoms with Crippen LogP contribution in [0.15, 0.2) is 109 Å². The summed E-state index contributed by atoms with van der Waals surface area (Å²) in [6.45, 7) is 0. The van der Waals surface area contributed by atoms with Crippen molar-refractivity contribution in [2.45, 2.75) is 6.42 Å². The van der Waals surface area contributed by atoms with Gasteiger partial charge in [-0.25, -0.2) is 0 Å². The Kier molecular flexibility index (Phi) is 5.16. The van der Waals surface area contributed by atoms with Crippen molar-refractivity contribution >= 4 is 0 Å². The molecule has 0 aliphatic heterocycles. The highest BCUT2D eigenvalue weighted by Crippen LogP contribution is 2.28. The van der Waals surface area contributed by atoms with Crippen LogP contribution < -0.4 is 9.47 Å². The zero-order valence-electron chi connectivity index (χ0n) is 14.9. The summed E-state index contributed by atoms with van der Waals surface area (Å²) in [4.78, 5) is 0. The van der Waals surface area contributed by atoms with Crippen molar-refractivity contribution in [3.05, 3.63) is 120 Å². The molecule has 4 aromatic carbocycles. The Bertz CT molecular complexity index is 912.